The van der Waals surface area contributed by atoms with Crippen LogP contribution in [0.5, 0.6) is 5.75 Å². The van der Waals surface area contributed by atoms with Gasteiger partial charge in [0.05, 0.1) is 18.9 Å². The van der Waals surface area contributed by atoms with Crippen LogP contribution in [-0.2, 0) is 9.53 Å². The van der Waals surface area contributed by atoms with Crippen LogP contribution in [0.2, 0.25) is 0 Å². The van der Waals surface area contributed by atoms with Gasteiger partial charge in [-0.3, -0.25) is 19.3 Å². The molecule has 11 nitrogen and oxygen atoms in total. The number of amides is 3. The molecule has 1 aliphatic heterocycles. The zero-order valence-corrected chi connectivity index (χ0v) is 20.7. The van der Waals surface area contributed by atoms with E-state index in [1.807, 2.05) is 0 Å². The fourth-order valence-electron chi connectivity index (χ4n) is 3.97. The summed E-state index contributed by atoms with van der Waals surface area (Å²) in [5.41, 5.74) is 11.4. The third-order valence-electron chi connectivity index (χ3n) is 5.77. The number of nitrogens with two attached hydrogens (primary N) is 2. The Morgan fingerprint density at radius 1 is 1.31 bits per heavy atom. The Labute approximate surface area is 211 Å². The number of carbonyl (C=O) groups excluding carboxylic acids is 3. The number of nitrogens with one attached hydrogen (secondary N) is 1. The molecule has 0 saturated carbocycles. The summed E-state index contributed by atoms with van der Waals surface area (Å²) in [7, 11) is 1.49. The fraction of sp³-hybridized carbons (Fsp3) is 0.333. The standard InChI is InChI=1S/C24H27N5O6S/c1-13-8-9-17(35-13)20(23(31)27-12-16-7-4-10-34-16)29(14-5-3-6-15(11-14)33-2)24(32)21-18(25)19(22(26)30)28-36-21/h3,5-6,8-9,11,16,20H,4,7,10,12,25H2,1-2H3,(H2,26,30)(H,27,31)/t16-,20-/m1/s1. The Bertz CT molecular complexity index is 1270. The minimum absolute atomic E-state index is 0.0353. The van der Waals surface area contributed by atoms with Crippen molar-refractivity contribution in [1.82, 2.24) is 9.69 Å². The zero-order chi connectivity index (χ0) is 25.8. The van der Waals surface area contributed by atoms with Crippen LogP contribution in [-0.4, -0.2) is 48.5 Å². The number of aromatic nitrogens is 1. The Balaban J connectivity index is 1.80. The Kier molecular flexibility index (Phi) is 7.55. The van der Waals surface area contributed by atoms with Crippen molar-refractivity contribution in [2.24, 2.45) is 5.73 Å². The fourth-order valence-corrected chi connectivity index (χ4v) is 4.72. The maximum absolute atomic E-state index is 14.0. The number of rotatable bonds is 9. The number of hydrogen-bond donors (Lipinski definition) is 3. The summed E-state index contributed by atoms with van der Waals surface area (Å²) in [4.78, 5) is 40.5. The molecule has 12 heteroatoms. The second kappa shape index (κ2) is 10.8. The molecule has 3 heterocycles. The van der Waals surface area contributed by atoms with Gasteiger partial charge >= 0.3 is 0 Å². The van der Waals surface area contributed by atoms with Gasteiger partial charge in [-0.2, -0.15) is 4.37 Å². The molecule has 0 unspecified atom stereocenters. The van der Waals surface area contributed by atoms with Gasteiger partial charge < -0.3 is 30.7 Å². The van der Waals surface area contributed by atoms with Crippen LogP contribution < -0.4 is 26.4 Å². The molecule has 1 fully saturated rings. The van der Waals surface area contributed by atoms with Gasteiger partial charge in [0.2, 0.25) is 0 Å². The molecule has 1 aromatic carbocycles. The molecule has 36 heavy (non-hydrogen) atoms. The number of furan rings is 1. The molecule has 0 radical (unpaired) electrons. The van der Waals surface area contributed by atoms with E-state index in [1.54, 1.807) is 43.3 Å². The van der Waals surface area contributed by atoms with E-state index in [9.17, 15) is 14.4 Å². The van der Waals surface area contributed by atoms with Gasteiger partial charge in [-0.25, -0.2) is 0 Å². The summed E-state index contributed by atoms with van der Waals surface area (Å²) in [6.45, 7) is 2.66. The molecule has 5 N–H and O–H groups in total. The topological polar surface area (TPSA) is 163 Å². The number of hydrogen-bond acceptors (Lipinski definition) is 9. The maximum atomic E-state index is 14.0. The SMILES string of the molecule is COc1cccc(N(C(=O)c2snc(C(N)=O)c2N)[C@@H](C(=O)NC[C@H]2CCCO2)c2ccc(C)o2)c1. The first-order valence-electron chi connectivity index (χ1n) is 11.3. The van der Waals surface area contributed by atoms with Crippen molar-refractivity contribution in [3.8, 4) is 5.75 Å². The molecule has 0 bridgehead atoms. The monoisotopic (exact) mass is 513 g/mol. The predicted molar refractivity (Wildman–Crippen MR) is 133 cm³/mol. The van der Waals surface area contributed by atoms with Gasteiger partial charge in [0.25, 0.3) is 17.7 Å². The number of ether oxygens (including phenoxy) is 2. The number of primary amides is 1. The lowest BCUT2D eigenvalue weighted by atomic mass is 10.1. The summed E-state index contributed by atoms with van der Waals surface area (Å²) in [6, 6.07) is 8.80. The molecule has 1 saturated heterocycles. The average molecular weight is 514 g/mol. The highest BCUT2D eigenvalue weighted by Crippen LogP contribution is 2.35. The van der Waals surface area contributed by atoms with E-state index in [-0.39, 0.29) is 34.7 Å². The third-order valence-corrected chi connectivity index (χ3v) is 6.62. The summed E-state index contributed by atoms with van der Waals surface area (Å²) in [6.07, 6.45) is 1.64. The lowest BCUT2D eigenvalue weighted by molar-refractivity contribution is -0.123. The molecule has 3 amide bonds. The van der Waals surface area contributed by atoms with Crippen LogP contribution >= 0.6 is 11.5 Å². The second-order valence-corrected chi connectivity index (χ2v) is 9.02. The van der Waals surface area contributed by atoms with Crippen molar-refractivity contribution in [1.29, 1.82) is 0 Å². The van der Waals surface area contributed by atoms with Gasteiger partial charge in [-0.05, 0) is 55.6 Å². The Hall–Kier alpha value is -3.90. The zero-order valence-electron chi connectivity index (χ0n) is 19.9. The minimum atomic E-state index is -1.21. The molecule has 2 aromatic heterocycles. The van der Waals surface area contributed by atoms with Gasteiger partial charge in [0, 0.05) is 24.9 Å². The van der Waals surface area contributed by atoms with Gasteiger partial charge in [-0.15, -0.1) is 0 Å². The number of nitrogen functional groups attached to an aromatic ring is 1. The van der Waals surface area contributed by atoms with E-state index in [2.05, 4.69) is 9.69 Å². The summed E-state index contributed by atoms with van der Waals surface area (Å²) < 4.78 is 20.7. The quantitative estimate of drug-likeness (QED) is 0.393. The normalized spacial score (nSPS) is 15.9. The highest BCUT2D eigenvalue weighted by molar-refractivity contribution is 7.09. The molecular formula is C24H27N5O6S. The molecule has 190 valence electrons. The maximum Gasteiger partial charge on any atom is 0.273 e. The molecule has 2 atom stereocenters. The van der Waals surface area contributed by atoms with Crippen molar-refractivity contribution in [3.05, 3.63) is 58.5 Å². The van der Waals surface area contributed by atoms with E-state index < -0.39 is 23.8 Å². The lowest BCUT2D eigenvalue weighted by Crippen LogP contribution is -2.45. The molecule has 1 aliphatic rings. The number of nitrogens with zero attached hydrogens (tertiary/aromatic N) is 2. The van der Waals surface area contributed by atoms with Gasteiger partial charge in [-0.1, -0.05) is 6.07 Å². The molecule has 0 aliphatic carbocycles. The molecule has 4 rings (SSSR count). The first kappa shape index (κ1) is 25.2. The minimum Gasteiger partial charge on any atom is -0.497 e. The third kappa shape index (κ3) is 5.19. The Morgan fingerprint density at radius 2 is 2.11 bits per heavy atom. The van der Waals surface area contributed by atoms with Gasteiger partial charge in [0.15, 0.2) is 11.7 Å². The van der Waals surface area contributed by atoms with Crippen LogP contribution in [0.15, 0.2) is 40.8 Å². The summed E-state index contributed by atoms with van der Waals surface area (Å²) in [5.74, 6) is -0.718. The second-order valence-electron chi connectivity index (χ2n) is 8.25. The predicted octanol–water partition coefficient (Wildman–Crippen LogP) is 2.42. The van der Waals surface area contributed by atoms with Crippen LogP contribution in [0.3, 0.4) is 0 Å². The first-order valence-corrected chi connectivity index (χ1v) is 12.1. The summed E-state index contributed by atoms with van der Waals surface area (Å²) in [5, 5.41) is 2.89. The summed E-state index contributed by atoms with van der Waals surface area (Å²) >= 11 is 0.728. The number of aryl methyl sites for hydroxylation is 1. The van der Waals surface area contributed by atoms with E-state index in [4.69, 9.17) is 25.4 Å². The lowest BCUT2D eigenvalue weighted by Gasteiger charge is -2.30. The van der Waals surface area contributed by atoms with Crippen LogP contribution in [0.1, 0.15) is 50.6 Å². The van der Waals surface area contributed by atoms with Crippen LogP contribution in [0.4, 0.5) is 11.4 Å². The van der Waals surface area contributed by atoms with Crippen LogP contribution in [0.25, 0.3) is 0 Å². The van der Waals surface area contributed by atoms with E-state index >= 15 is 0 Å². The van der Waals surface area contributed by atoms with Crippen LogP contribution in [0, 0.1) is 6.92 Å². The van der Waals surface area contributed by atoms with E-state index in [1.165, 1.54) is 12.0 Å². The number of anilines is 2. The van der Waals surface area contributed by atoms with Crippen molar-refractivity contribution < 1.29 is 28.3 Å². The highest BCUT2D eigenvalue weighted by atomic mass is 32.1. The number of carbonyl (C=O) groups is 3. The van der Waals surface area contributed by atoms with E-state index in [0.29, 0.717) is 23.8 Å². The largest absolute Gasteiger partial charge is 0.497 e. The molecule has 3 aromatic rings. The molecular weight excluding hydrogens is 486 g/mol. The molecule has 0 spiro atoms. The van der Waals surface area contributed by atoms with Crippen molar-refractivity contribution in [2.75, 3.05) is 30.9 Å². The number of benzene rings is 1. The van der Waals surface area contributed by atoms with Crippen molar-refractivity contribution in [3.63, 3.8) is 0 Å². The van der Waals surface area contributed by atoms with Gasteiger partial charge in [0.1, 0.15) is 22.1 Å². The number of methoxy groups -OCH3 is 1. The highest BCUT2D eigenvalue weighted by Gasteiger charge is 2.38. The van der Waals surface area contributed by atoms with Crippen molar-refractivity contribution in [2.45, 2.75) is 31.9 Å². The smallest absolute Gasteiger partial charge is 0.273 e. The first-order chi connectivity index (χ1) is 17.3. The van der Waals surface area contributed by atoms with E-state index in [0.717, 1.165) is 24.4 Å². The van der Waals surface area contributed by atoms with Crippen molar-refractivity contribution >= 4 is 40.6 Å². The Morgan fingerprint density at radius 3 is 2.72 bits per heavy atom. The average Bonchev–Trinajstić information content (AvgIpc) is 3.62.